The SMILES string of the molecule is O=C(c1nccs1)N1CCc2ccccc2C1. The first kappa shape index (κ1) is 10.5. The number of carbonyl (C=O) groups excluding carboxylic acids is 1. The van der Waals surface area contributed by atoms with Gasteiger partial charge in [-0.05, 0) is 17.5 Å². The highest BCUT2D eigenvalue weighted by Crippen LogP contribution is 2.20. The number of hydrogen-bond acceptors (Lipinski definition) is 3. The van der Waals surface area contributed by atoms with Crippen LogP contribution in [0.4, 0.5) is 0 Å². The first-order chi connectivity index (χ1) is 8.34. The van der Waals surface area contributed by atoms with Gasteiger partial charge in [0.15, 0.2) is 5.01 Å². The Balaban J connectivity index is 1.83. The minimum Gasteiger partial charge on any atom is -0.332 e. The number of fused-ring (bicyclic) bond motifs is 1. The number of hydrogen-bond donors (Lipinski definition) is 0. The molecule has 1 aliphatic rings. The van der Waals surface area contributed by atoms with Crippen molar-refractivity contribution in [3.05, 3.63) is 52.0 Å². The number of thiazole rings is 1. The molecule has 0 N–H and O–H groups in total. The highest BCUT2D eigenvalue weighted by molar-refractivity contribution is 7.11. The van der Waals surface area contributed by atoms with Gasteiger partial charge in [-0.15, -0.1) is 11.3 Å². The number of aromatic nitrogens is 1. The quantitative estimate of drug-likeness (QED) is 0.771. The molecule has 17 heavy (non-hydrogen) atoms. The van der Waals surface area contributed by atoms with E-state index in [0.29, 0.717) is 11.6 Å². The van der Waals surface area contributed by atoms with E-state index in [1.54, 1.807) is 6.20 Å². The molecule has 1 aliphatic heterocycles. The highest BCUT2D eigenvalue weighted by atomic mass is 32.1. The summed E-state index contributed by atoms with van der Waals surface area (Å²) in [5.74, 6) is 0.0505. The molecule has 3 rings (SSSR count). The van der Waals surface area contributed by atoms with Crippen molar-refractivity contribution in [3.8, 4) is 0 Å². The summed E-state index contributed by atoms with van der Waals surface area (Å²) in [6.07, 6.45) is 2.61. The first-order valence-corrected chi connectivity index (χ1v) is 6.48. The Kier molecular flexibility index (Phi) is 2.65. The molecule has 86 valence electrons. The van der Waals surface area contributed by atoms with Gasteiger partial charge >= 0.3 is 0 Å². The van der Waals surface area contributed by atoms with Crippen molar-refractivity contribution in [2.24, 2.45) is 0 Å². The van der Waals surface area contributed by atoms with Gasteiger partial charge < -0.3 is 4.90 Å². The Hall–Kier alpha value is -1.68. The second-order valence-corrected chi connectivity index (χ2v) is 4.98. The fraction of sp³-hybridized carbons (Fsp3) is 0.231. The first-order valence-electron chi connectivity index (χ1n) is 5.60. The smallest absolute Gasteiger partial charge is 0.283 e. The molecule has 4 heteroatoms. The van der Waals surface area contributed by atoms with E-state index >= 15 is 0 Å². The average Bonchev–Trinajstić information content (AvgIpc) is 2.91. The van der Waals surface area contributed by atoms with Crippen molar-refractivity contribution >= 4 is 17.2 Å². The molecule has 0 atom stereocenters. The summed E-state index contributed by atoms with van der Waals surface area (Å²) in [6.45, 7) is 1.49. The van der Waals surface area contributed by atoms with E-state index in [1.165, 1.54) is 22.5 Å². The lowest BCUT2D eigenvalue weighted by atomic mass is 10.00. The van der Waals surface area contributed by atoms with Gasteiger partial charge in [0.25, 0.3) is 5.91 Å². The van der Waals surface area contributed by atoms with E-state index < -0.39 is 0 Å². The van der Waals surface area contributed by atoms with Crippen molar-refractivity contribution in [3.63, 3.8) is 0 Å². The zero-order chi connectivity index (χ0) is 11.7. The Morgan fingerprint density at radius 3 is 2.88 bits per heavy atom. The molecule has 2 aromatic rings. The number of nitrogens with zero attached hydrogens (tertiary/aromatic N) is 2. The lowest BCUT2D eigenvalue weighted by Crippen LogP contribution is -2.35. The second-order valence-electron chi connectivity index (χ2n) is 4.08. The van der Waals surface area contributed by atoms with Crippen molar-refractivity contribution in [2.45, 2.75) is 13.0 Å². The predicted octanol–water partition coefficient (Wildman–Crippen LogP) is 2.34. The van der Waals surface area contributed by atoms with E-state index in [-0.39, 0.29) is 5.91 Å². The minimum absolute atomic E-state index is 0.0505. The third kappa shape index (κ3) is 1.96. The van der Waals surface area contributed by atoms with E-state index in [4.69, 9.17) is 0 Å². The maximum atomic E-state index is 12.1. The standard InChI is InChI=1S/C13H12N2OS/c16-13(12-14-6-8-17-12)15-7-5-10-3-1-2-4-11(10)9-15/h1-4,6,8H,5,7,9H2. The monoisotopic (exact) mass is 244 g/mol. The Bertz CT molecular complexity index is 536. The summed E-state index contributed by atoms with van der Waals surface area (Å²) < 4.78 is 0. The highest BCUT2D eigenvalue weighted by Gasteiger charge is 2.22. The number of rotatable bonds is 1. The molecule has 1 aromatic heterocycles. The fourth-order valence-electron chi connectivity index (χ4n) is 2.13. The maximum Gasteiger partial charge on any atom is 0.283 e. The van der Waals surface area contributed by atoms with E-state index in [1.807, 2.05) is 16.3 Å². The lowest BCUT2D eigenvalue weighted by Gasteiger charge is -2.28. The van der Waals surface area contributed by atoms with Crippen LogP contribution in [0.1, 0.15) is 20.9 Å². The third-order valence-corrected chi connectivity index (χ3v) is 3.79. The molecular weight excluding hydrogens is 232 g/mol. The normalized spacial score (nSPS) is 14.5. The molecule has 0 bridgehead atoms. The zero-order valence-electron chi connectivity index (χ0n) is 9.30. The Labute approximate surface area is 104 Å². The van der Waals surface area contributed by atoms with Crippen LogP contribution in [0.25, 0.3) is 0 Å². The summed E-state index contributed by atoms with van der Waals surface area (Å²) >= 11 is 1.40. The van der Waals surface area contributed by atoms with Gasteiger partial charge in [0.1, 0.15) is 0 Å². The third-order valence-electron chi connectivity index (χ3n) is 3.03. The molecular formula is C13H12N2OS. The van der Waals surface area contributed by atoms with Crippen molar-refractivity contribution in [1.82, 2.24) is 9.88 Å². The molecule has 0 fully saturated rings. The molecule has 0 spiro atoms. The topological polar surface area (TPSA) is 33.2 Å². The van der Waals surface area contributed by atoms with E-state index in [0.717, 1.165) is 13.0 Å². The fourth-order valence-corrected chi connectivity index (χ4v) is 2.74. The largest absolute Gasteiger partial charge is 0.332 e. The summed E-state index contributed by atoms with van der Waals surface area (Å²) in [4.78, 5) is 18.1. The molecule has 1 aromatic carbocycles. The van der Waals surface area contributed by atoms with Gasteiger partial charge in [-0.1, -0.05) is 24.3 Å². The average molecular weight is 244 g/mol. The summed E-state index contributed by atoms with van der Waals surface area (Å²) in [5, 5.41) is 2.43. The second kappa shape index (κ2) is 4.30. The summed E-state index contributed by atoms with van der Waals surface area (Å²) in [6, 6.07) is 8.31. The van der Waals surface area contributed by atoms with Gasteiger partial charge in [-0.25, -0.2) is 4.98 Å². The van der Waals surface area contributed by atoms with E-state index in [9.17, 15) is 4.79 Å². The van der Waals surface area contributed by atoms with Crippen molar-refractivity contribution in [1.29, 1.82) is 0 Å². The summed E-state index contributed by atoms with van der Waals surface area (Å²) in [5.41, 5.74) is 2.61. The van der Waals surface area contributed by atoms with Crippen LogP contribution < -0.4 is 0 Å². The molecule has 3 nitrogen and oxygen atoms in total. The van der Waals surface area contributed by atoms with Gasteiger partial charge in [-0.2, -0.15) is 0 Å². The van der Waals surface area contributed by atoms with Crippen molar-refractivity contribution < 1.29 is 4.79 Å². The zero-order valence-corrected chi connectivity index (χ0v) is 10.1. The van der Waals surface area contributed by atoms with Gasteiger partial charge in [0.05, 0.1) is 0 Å². The lowest BCUT2D eigenvalue weighted by molar-refractivity contribution is 0.0734. The van der Waals surface area contributed by atoms with Crippen LogP contribution in [0.2, 0.25) is 0 Å². The van der Waals surface area contributed by atoms with Crippen LogP contribution in [-0.4, -0.2) is 22.3 Å². The van der Waals surface area contributed by atoms with Crippen LogP contribution in [0, 0.1) is 0 Å². The number of benzene rings is 1. The molecule has 1 amide bonds. The van der Waals surface area contributed by atoms with Crippen LogP contribution >= 0.6 is 11.3 Å². The van der Waals surface area contributed by atoms with Crippen LogP contribution in [0.15, 0.2) is 35.8 Å². The van der Waals surface area contributed by atoms with Crippen molar-refractivity contribution in [2.75, 3.05) is 6.54 Å². The van der Waals surface area contributed by atoms with E-state index in [2.05, 4.69) is 23.2 Å². The Morgan fingerprint density at radius 1 is 1.29 bits per heavy atom. The molecule has 0 radical (unpaired) electrons. The van der Waals surface area contributed by atoms with Gasteiger partial charge in [0, 0.05) is 24.7 Å². The number of carbonyl (C=O) groups is 1. The van der Waals surface area contributed by atoms with Crippen LogP contribution in [0.5, 0.6) is 0 Å². The molecule has 0 unspecified atom stereocenters. The predicted molar refractivity (Wildman–Crippen MR) is 67.0 cm³/mol. The molecule has 0 aliphatic carbocycles. The molecule has 2 heterocycles. The summed E-state index contributed by atoms with van der Waals surface area (Å²) in [7, 11) is 0. The van der Waals surface area contributed by atoms with Crippen LogP contribution in [-0.2, 0) is 13.0 Å². The Morgan fingerprint density at radius 2 is 2.12 bits per heavy atom. The van der Waals surface area contributed by atoms with Crippen LogP contribution in [0.3, 0.4) is 0 Å². The molecule has 0 saturated carbocycles. The molecule has 0 saturated heterocycles. The van der Waals surface area contributed by atoms with Gasteiger partial charge in [-0.3, -0.25) is 4.79 Å². The maximum absolute atomic E-state index is 12.1. The number of amides is 1. The van der Waals surface area contributed by atoms with Gasteiger partial charge in [0.2, 0.25) is 0 Å². The minimum atomic E-state index is 0.0505.